The van der Waals surface area contributed by atoms with Crippen molar-refractivity contribution < 1.29 is 54.7 Å². The third-order valence-corrected chi connectivity index (χ3v) is 14.6. The van der Waals surface area contributed by atoms with Gasteiger partial charge in [0.15, 0.2) is 11.3 Å². The first-order valence-corrected chi connectivity index (χ1v) is 23.2. The lowest BCUT2D eigenvalue weighted by Crippen LogP contribution is -2.58. The van der Waals surface area contributed by atoms with Crippen LogP contribution in [0.1, 0.15) is 89.0 Å². The molecule has 63 heavy (non-hydrogen) atoms. The molecule has 5 aliphatic rings. The van der Waals surface area contributed by atoms with Gasteiger partial charge in [0.25, 0.3) is 5.91 Å². The van der Waals surface area contributed by atoms with Crippen molar-refractivity contribution in [1.82, 2.24) is 25.2 Å². The van der Waals surface area contributed by atoms with Gasteiger partial charge in [0.1, 0.15) is 40.9 Å². The number of sulfonamides is 1. The zero-order valence-corrected chi connectivity index (χ0v) is 35.1. The van der Waals surface area contributed by atoms with Crippen molar-refractivity contribution in [3.8, 4) is 17.0 Å². The maximum Gasteiger partial charge on any atom is 0.416 e. The average Bonchev–Trinajstić information content (AvgIpc) is 4.06. The first-order chi connectivity index (χ1) is 30.2. The number of furan rings is 1. The monoisotopic (exact) mass is 891 g/mol. The Kier molecular flexibility index (Phi) is 11.4. The van der Waals surface area contributed by atoms with Crippen LogP contribution < -0.4 is 20.1 Å². The standard InChI is InChI=1S/C45H48F3N5O9S/c46-45(47,48)27-13-10-11-26(21-27)34-23-37(39-38(49-34)32-16-8-9-18-36(32)62-39)60-30-22-35-40(54)51-44(42(56)52-63(58,59)31-19-20-31)24-28(44)12-4-2-1-3-5-17-33(41(55)53(35)25-30)50-43(57)61-29-14-6-7-15-29/h4,8-13,16,18,21,23,28-31,33,35H,1-3,5-7,14-15,17,19-20,22,24-25H2,(H,50,57)(H,51,54)(H,52,56)/b12-4-/t28-,30+,33-,35-,44+/m0/s1. The molecule has 0 spiro atoms. The van der Waals surface area contributed by atoms with Crippen LogP contribution in [0.2, 0.25) is 0 Å². The number of ether oxygens (including phenoxy) is 2. The number of halogens is 3. The number of nitrogens with one attached hydrogen (secondary N) is 3. The second-order valence-corrected chi connectivity index (χ2v) is 19.3. The molecular formula is C45H48F3N5O9S. The van der Waals surface area contributed by atoms with Gasteiger partial charge in [-0.2, -0.15) is 13.2 Å². The van der Waals surface area contributed by atoms with Gasteiger partial charge in [0, 0.05) is 29.4 Å². The molecule has 2 aromatic heterocycles. The summed E-state index contributed by atoms with van der Waals surface area (Å²) in [4.78, 5) is 62.6. The van der Waals surface area contributed by atoms with E-state index in [0.717, 1.165) is 31.4 Å². The molecule has 5 atom stereocenters. The minimum atomic E-state index is -4.62. The van der Waals surface area contributed by atoms with E-state index >= 15 is 0 Å². The smallest absolute Gasteiger partial charge is 0.416 e. The number of allylic oxidation sites excluding steroid dienone is 1. The van der Waals surface area contributed by atoms with E-state index < -0.39 is 80.5 Å². The Morgan fingerprint density at radius 1 is 0.937 bits per heavy atom. The molecule has 1 saturated heterocycles. The number of carbonyl (C=O) groups excluding carboxylic acids is 4. The molecule has 2 aliphatic heterocycles. The van der Waals surface area contributed by atoms with Gasteiger partial charge in [0.2, 0.25) is 21.8 Å². The number of pyridine rings is 1. The predicted octanol–water partition coefficient (Wildman–Crippen LogP) is 7.06. The summed E-state index contributed by atoms with van der Waals surface area (Å²) in [5, 5.41) is 5.51. The van der Waals surface area contributed by atoms with Gasteiger partial charge in [-0.25, -0.2) is 18.2 Å². The number of alkyl halides is 3. The number of para-hydroxylation sites is 1. The quantitative estimate of drug-likeness (QED) is 0.155. The summed E-state index contributed by atoms with van der Waals surface area (Å²) >= 11 is 0. The van der Waals surface area contributed by atoms with Crippen molar-refractivity contribution in [1.29, 1.82) is 0 Å². The molecule has 14 nitrogen and oxygen atoms in total. The lowest BCUT2D eigenvalue weighted by atomic mass is 10.0. The van der Waals surface area contributed by atoms with Crippen molar-refractivity contribution in [3.05, 3.63) is 72.3 Å². The molecule has 4 amide bonds. The zero-order valence-electron chi connectivity index (χ0n) is 34.3. The second kappa shape index (κ2) is 16.8. The fourth-order valence-corrected chi connectivity index (χ4v) is 10.5. The van der Waals surface area contributed by atoms with Crippen LogP contribution >= 0.6 is 0 Å². The number of alkyl carbamates (subject to hydrolysis) is 1. The van der Waals surface area contributed by atoms with E-state index in [1.165, 1.54) is 23.1 Å². The zero-order chi connectivity index (χ0) is 44.1. The van der Waals surface area contributed by atoms with E-state index in [0.29, 0.717) is 61.4 Å². The Balaban J connectivity index is 1.06. The Morgan fingerprint density at radius 2 is 1.71 bits per heavy atom. The molecule has 4 fully saturated rings. The van der Waals surface area contributed by atoms with Gasteiger partial charge in [0.05, 0.1) is 23.1 Å². The van der Waals surface area contributed by atoms with Gasteiger partial charge in [-0.15, -0.1) is 0 Å². The number of fused-ring (bicyclic) bond motifs is 5. The number of rotatable bonds is 8. The van der Waals surface area contributed by atoms with Crippen LogP contribution in [0.25, 0.3) is 33.3 Å². The number of aromatic nitrogens is 1. The first-order valence-electron chi connectivity index (χ1n) is 21.7. The summed E-state index contributed by atoms with van der Waals surface area (Å²) in [6.07, 6.45) is 4.24. The number of carbonyl (C=O) groups is 4. The number of hydrogen-bond donors (Lipinski definition) is 3. The van der Waals surface area contributed by atoms with Crippen molar-refractivity contribution in [2.75, 3.05) is 6.54 Å². The van der Waals surface area contributed by atoms with Crippen molar-refractivity contribution in [2.24, 2.45) is 5.92 Å². The van der Waals surface area contributed by atoms with Crippen LogP contribution in [0.15, 0.2) is 71.2 Å². The van der Waals surface area contributed by atoms with Gasteiger partial charge >= 0.3 is 12.3 Å². The van der Waals surface area contributed by atoms with Crippen LogP contribution in [0.3, 0.4) is 0 Å². The number of benzene rings is 2. The van der Waals surface area contributed by atoms with Crippen LogP contribution in [0.5, 0.6) is 5.75 Å². The van der Waals surface area contributed by atoms with E-state index in [9.17, 15) is 40.8 Å². The minimum Gasteiger partial charge on any atom is -0.484 e. The average molecular weight is 892 g/mol. The molecule has 3 saturated carbocycles. The fourth-order valence-electron chi connectivity index (χ4n) is 9.10. The second-order valence-electron chi connectivity index (χ2n) is 17.4. The summed E-state index contributed by atoms with van der Waals surface area (Å²) in [5.74, 6) is -2.56. The van der Waals surface area contributed by atoms with E-state index in [1.54, 1.807) is 24.3 Å². The summed E-state index contributed by atoms with van der Waals surface area (Å²) in [7, 11) is -3.97. The van der Waals surface area contributed by atoms with Crippen molar-refractivity contribution in [3.63, 3.8) is 0 Å². The largest absolute Gasteiger partial charge is 0.484 e. The molecule has 0 radical (unpaired) electrons. The van der Waals surface area contributed by atoms with Crippen LogP contribution in [-0.4, -0.2) is 83.7 Å². The Morgan fingerprint density at radius 3 is 2.49 bits per heavy atom. The Hall–Kier alpha value is -5.65. The van der Waals surface area contributed by atoms with Crippen LogP contribution in [0.4, 0.5) is 18.0 Å². The molecule has 2 aromatic carbocycles. The maximum absolute atomic E-state index is 14.8. The topological polar surface area (TPSA) is 186 Å². The maximum atomic E-state index is 14.8. The molecular weight excluding hydrogens is 844 g/mol. The van der Waals surface area contributed by atoms with E-state index in [-0.39, 0.29) is 54.5 Å². The van der Waals surface area contributed by atoms with Gasteiger partial charge in [-0.05, 0) is 88.5 Å². The van der Waals surface area contributed by atoms with Crippen molar-refractivity contribution in [2.45, 2.75) is 125 Å². The van der Waals surface area contributed by atoms with E-state index in [4.69, 9.17) is 18.9 Å². The first kappa shape index (κ1) is 42.6. The highest BCUT2D eigenvalue weighted by atomic mass is 32.2. The highest BCUT2D eigenvalue weighted by Gasteiger charge is 2.62. The molecule has 18 heteroatoms. The summed E-state index contributed by atoms with van der Waals surface area (Å²) < 4.78 is 88.1. The fraction of sp³-hybridized carbons (Fsp3) is 0.489. The van der Waals surface area contributed by atoms with Gasteiger partial charge < -0.3 is 29.4 Å². The SMILES string of the molecule is O=C(N[C@H]1CCCCC/C=C\[C@H]2C[C@@]2(C(=O)NS(=O)(=O)C2CC2)NC(=O)[C@@H]2C[C@@H](Oc3cc(-c4cccc(C(F)(F)F)c4)nc4c3oc3ccccc34)CN2C1=O)OC1CCCC1. The van der Waals surface area contributed by atoms with Crippen molar-refractivity contribution >= 4 is 55.9 Å². The van der Waals surface area contributed by atoms with Crippen LogP contribution in [0, 0.1) is 5.92 Å². The van der Waals surface area contributed by atoms with Crippen LogP contribution in [-0.2, 0) is 35.3 Å². The lowest BCUT2D eigenvalue weighted by Gasteiger charge is -2.30. The highest BCUT2D eigenvalue weighted by Crippen LogP contribution is 2.46. The molecule has 3 N–H and O–H groups in total. The summed E-state index contributed by atoms with van der Waals surface area (Å²) in [6, 6.07) is 10.9. The predicted molar refractivity (Wildman–Crippen MR) is 223 cm³/mol. The van der Waals surface area contributed by atoms with Gasteiger partial charge in [-0.3, -0.25) is 19.1 Å². The lowest BCUT2D eigenvalue weighted by molar-refractivity contribution is -0.141. The number of amides is 4. The van der Waals surface area contributed by atoms with E-state index in [1.807, 2.05) is 12.2 Å². The number of hydrogen-bond acceptors (Lipinski definition) is 10. The highest BCUT2D eigenvalue weighted by molar-refractivity contribution is 7.91. The van der Waals surface area contributed by atoms with E-state index in [2.05, 4.69) is 15.4 Å². The molecule has 9 rings (SSSR count). The summed E-state index contributed by atoms with van der Waals surface area (Å²) in [6.45, 7) is -0.172. The molecule has 0 unspecified atom stereocenters. The molecule has 3 aliphatic carbocycles. The Bertz CT molecular complexity index is 2590. The Labute approximate surface area is 361 Å². The normalized spacial score (nSPS) is 26.6. The third-order valence-electron chi connectivity index (χ3n) is 12.8. The minimum absolute atomic E-state index is 0.104. The third kappa shape index (κ3) is 8.95. The molecule has 4 heterocycles. The number of nitrogens with zero attached hydrogens (tertiary/aromatic N) is 2. The van der Waals surface area contributed by atoms with Gasteiger partial charge in [-0.1, -0.05) is 49.3 Å². The molecule has 0 bridgehead atoms. The molecule has 334 valence electrons. The molecule has 4 aromatic rings. The summed E-state index contributed by atoms with van der Waals surface area (Å²) in [5.41, 5.74) is -1.19.